The van der Waals surface area contributed by atoms with Gasteiger partial charge in [0.15, 0.2) is 9.84 Å². The quantitative estimate of drug-likeness (QED) is 0.703. The Balaban J connectivity index is 2.15. The van der Waals surface area contributed by atoms with Gasteiger partial charge in [0, 0.05) is 5.54 Å². The smallest absolute Gasteiger partial charge is 0.307 e. The van der Waals surface area contributed by atoms with Crippen LogP contribution in [0.1, 0.15) is 32.6 Å². The molecule has 2 rings (SSSR count). The number of nitrogens with zero attached hydrogens (tertiary/aromatic N) is 1. The fourth-order valence-corrected chi connectivity index (χ4v) is 5.15. The number of hydrogen-bond acceptors (Lipinski definition) is 5. The van der Waals surface area contributed by atoms with Crippen LogP contribution in [0.5, 0.6) is 0 Å². The minimum Gasteiger partial charge on any atom is -0.466 e. The SMILES string of the molecule is CCOC(=O)CC1(N2CCCC2)CCS(=O)(=O)C1. The number of esters is 1. The summed E-state index contributed by atoms with van der Waals surface area (Å²) in [5.74, 6) is 0.0309. The molecule has 1 unspecified atom stereocenters. The molecule has 0 spiro atoms. The first-order valence-electron chi connectivity index (χ1n) is 6.58. The summed E-state index contributed by atoms with van der Waals surface area (Å²) < 4.78 is 28.5. The van der Waals surface area contributed by atoms with Gasteiger partial charge in [0.2, 0.25) is 0 Å². The van der Waals surface area contributed by atoms with E-state index in [2.05, 4.69) is 4.90 Å². The van der Waals surface area contributed by atoms with E-state index in [4.69, 9.17) is 4.74 Å². The maximum absolute atomic E-state index is 11.8. The Hall–Kier alpha value is -0.620. The second-order valence-corrected chi connectivity index (χ2v) is 7.43. The highest BCUT2D eigenvalue weighted by atomic mass is 32.2. The monoisotopic (exact) mass is 275 g/mol. The second kappa shape index (κ2) is 5.17. The predicted molar refractivity (Wildman–Crippen MR) is 68.1 cm³/mol. The third kappa shape index (κ3) is 2.85. The van der Waals surface area contributed by atoms with Crippen molar-refractivity contribution in [2.75, 3.05) is 31.2 Å². The fourth-order valence-electron chi connectivity index (χ4n) is 3.07. The lowest BCUT2D eigenvalue weighted by Crippen LogP contribution is -2.50. The van der Waals surface area contributed by atoms with E-state index in [0.29, 0.717) is 13.0 Å². The molecule has 0 amide bonds. The van der Waals surface area contributed by atoms with E-state index in [9.17, 15) is 13.2 Å². The molecule has 18 heavy (non-hydrogen) atoms. The molecule has 2 aliphatic heterocycles. The van der Waals surface area contributed by atoms with Gasteiger partial charge in [-0.3, -0.25) is 9.69 Å². The molecule has 0 aromatic rings. The Bertz CT molecular complexity index is 414. The second-order valence-electron chi connectivity index (χ2n) is 5.24. The zero-order valence-electron chi connectivity index (χ0n) is 10.9. The van der Waals surface area contributed by atoms with Gasteiger partial charge in [-0.15, -0.1) is 0 Å². The summed E-state index contributed by atoms with van der Waals surface area (Å²) >= 11 is 0. The Morgan fingerprint density at radius 3 is 2.50 bits per heavy atom. The van der Waals surface area contributed by atoms with Gasteiger partial charge in [-0.05, 0) is 39.3 Å². The first kappa shape index (κ1) is 13.8. The molecule has 0 aromatic carbocycles. The van der Waals surface area contributed by atoms with Crippen molar-refractivity contribution in [2.24, 2.45) is 0 Å². The van der Waals surface area contributed by atoms with E-state index < -0.39 is 15.4 Å². The number of sulfone groups is 1. The molecule has 2 heterocycles. The van der Waals surface area contributed by atoms with E-state index in [1.807, 2.05) is 0 Å². The van der Waals surface area contributed by atoms with E-state index in [1.165, 1.54) is 0 Å². The van der Waals surface area contributed by atoms with Gasteiger partial charge in [0.05, 0.1) is 24.5 Å². The zero-order valence-corrected chi connectivity index (χ0v) is 11.7. The van der Waals surface area contributed by atoms with Crippen molar-refractivity contribution >= 4 is 15.8 Å². The number of rotatable bonds is 4. The Morgan fingerprint density at radius 2 is 2.00 bits per heavy atom. The maximum atomic E-state index is 11.8. The zero-order chi connectivity index (χ0) is 13.2. The molecule has 2 fully saturated rings. The van der Waals surface area contributed by atoms with Crippen LogP contribution in [0.3, 0.4) is 0 Å². The van der Waals surface area contributed by atoms with E-state index in [1.54, 1.807) is 6.92 Å². The highest BCUT2D eigenvalue weighted by Crippen LogP contribution is 2.35. The first-order valence-corrected chi connectivity index (χ1v) is 8.41. The summed E-state index contributed by atoms with van der Waals surface area (Å²) in [4.78, 5) is 13.9. The summed E-state index contributed by atoms with van der Waals surface area (Å²) in [5.41, 5.74) is -0.498. The lowest BCUT2D eigenvalue weighted by molar-refractivity contribution is -0.146. The first-order chi connectivity index (χ1) is 8.47. The van der Waals surface area contributed by atoms with Crippen molar-refractivity contribution in [1.29, 1.82) is 0 Å². The lowest BCUT2D eigenvalue weighted by atomic mass is 9.92. The van der Waals surface area contributed by atoms with Crippen LogP contribution in [0.25, 0.3) is 0 Å². The molecule has 0 saturated carbocycles. The highest BCUT2D eigenvalue weighted by molar-refractivity contribution is 7.91. The predicted octanol–water partition coefficient (Wildman–Crippen LogP) is 0.593. The number of carbonyl (C=O) groups is 1. The van der Waals surface area contributed by atoms with Crippen LogP contribution in [-0.2, 0) is 19.4 Å². The summed E-state index contributed by atoms with van der Waals surface area (Å²) in [6.07, 6.45) is 2.95. The maximum Gasteiger partial charge on any atom is 0.307 e. The molecular weight excluding hydrogens is 254 g/mol. The van der Waals surface area contributed by atoms with Crippen LogP contribution >= 0.6 is 0 Å². The molecule has 104 valence electrons. The summed E-state index contributed by atoms with van der Waals surface area (Å²) in [6.45, 7) is 3.91. The number of likely N-dealkylation sites (tertiary alicyclic amines) is 1. The largest absolute Gasteiger partial charge is 0.466 e. The van der Waals surface area contributed by atoms with Crippen LogP contribution < -0.4 is 0 Å². The molecule has 0 aliphatic carbocycles. The third-order valence-electron chi connectivity index (χ3n) is 3.92. The number of hydrogen-bond donors (Lipinski definition) is 0. The molecular formula is C12H21NO4S. The highest BCUT2D eigenvalue weighted by Gasteiger charge is 2.48. The topological polar surface area (TPSA) is 63.7 Å². The third-order valence-corrected chi connectivity index (χ3v) is 5.73. The van der Waals surface area contributed by atoms with E-state index in [-0.39, 0.29) is 23.9 Å². The molecule has 0 radical (unpaired) electrons. The average Bonchev–Trinajstić information content (AvgIpc) is 2.87. The number of carbonyl (C=O) groups excluding carboxylic acids is 1. The van der Waals surface area contributed by atoms with Gasteiger partial charge in [0.25, 0.3) is 0 Å². The molecule has 0 bridgehead atoms. The minimum absolute atomic E-state index is 0.110. The molecule has 6 heteroatoms. The molecule has 5 nitrogen and oxygen atoms in total. The van der Waals surface area contributed by atoms with Crippen LogP contribution in [-0.4, -0.2) is 56.0 Å². The van der Waals surface area contributed by atoms with Gasteiger partial charge in [0.1, 0.15) is 0 Å². The van der Waals surface area contributed by atoms with Crippen LogP contribution in [0.4, 0.5) is 0 Å². The molecule has 2 aliphatic rings. The van der Waals surface area contributed by atoms with Gasteiger partial charge < -0.3 is 4.74 Å². The van der Waals surface area contributed by atoms with Crippen molar-refractivity contribution in [3.05, 3.63) is 0 Å². The van der Waals surface area contributed by atoms with Gasteiger partial charge in [-0.1, -0.05) is 0 Å². The van der Waals surface area contributed by atoms with Gasteiger partial charge >= 0.3 is 5.97 Å². The summed E-state index contributed by atoms with van der Waals surface area (Å²) in [7, 11) is -3.00. The van der Waals surface area contributed by atoms with E-state index >= 15 is 0 Å². The van der Waals surface area contributed by atoms with Crippen molar-refractivity contribution in [3.8, 4) is 0 Å². The van der Waals surface area contributed by atoms with Crippen molar-refractivity contribution in [2.45, 2.75) is 38.1 Å². The molecule has 1 atom stereocenters. The van der Waals surface area contributed by atoms with Crippen LogP contribution in [0, 0.1) is 0 Å². The van der Waals surface area contributed by atoms with E-state index in [0.717, 1.165) is 25.9 Å². The van der Waals surface area contributed by atoms with Crippen molar-refractivity contribution < 1.29 is 17.9 Å². The average molecular weight is 275 g/mol. The fraction of sp³-hybridized carbons (Fsp3) is 0.917. The normalized spacial score (nSPS) is 31.6. The summed E-state index contributed by atoms with van der Waals surface area (Å²) in [6, 6.07) is 0. The summed E-state index contributed by atoms with van der Waals surface area (Å²) in [5, 5.41) is 0. The number of ether oxygens (including phenoxy) is 1. The van der Waals surface area contributed by atoms with Crippen molar-refractivity contribution in [3.63, 3.8) is 0 Å². The Kier molecular flexibility index (Phi) is 3.96. The molecule has 2 saturated heterocycles. The molecule has 0 aromatic heterocycles. The minimum atomic E-state index is -3.00. The standard InChI is InChI=1S/C12H21NO4S/c1-2-17-11(14)9-12(13-6-3-4-7-13)5-8-18(15,16)10-12/h2-10H2,1H3. The van der Waals surface area contributed by atoms with Crippen LogP contribution in [0.15, 0.2) is 0 Å². The lowest BCUT2D eigenvalue weighted by Gasteiger charge is -2.36. The van der Waals surface area contributed by atoms with Crippen molar-refractivity contribution in [1.82, 2.24) is 4.90 Å². The van der Waals surface area contributed by atoms with Gasteiger partial charge in [-0.25, -0.2) is 8.42 Å². The Morgan fingerprint density at radius 1 is 1.33 bits per heavy atom. The van der Waals surface area contributed by atoms with Crippen LogP contribution in [0.2, 0.25) is 0 Å². The molecule has 0 N–H and O–H groups in total. The van der Waals surface area contributed by atoms with Gasteiger partial charge in [-0.2, -0.15) is 0 Å². The Labute approximate surface area is 108 Å².